The lowest BCUT2D eigenvalue weighted by Crippen LogP contribution is -2.29. The van der Waals surface area contributed by atoms with Gasteiger partial charge in [-0.3, -0.25) is 4.79 Å². The van der Waals surface area contributed by atoms with Gasteiger partial charge in [-0.2, -0.15) is 11.8 Å². The van der Waals surface area contributed by atoms with Gasteiger partial charge < -0.3 is 10.4 Å². The number of carbonyl (C=O) groups is 1. The number of phenols is 1. The summed E-state index contributed by atoms with van der Waals surface area (Å²) in [6.45, 7) is 0.614. The van der Waals surface area contributed by atoms with E-state index < -0.39 is 5.82 Å². The van der Waals surface area contributed by atoms with Crippen LogP contribution >= 0.6 is 11.8 Å². The molecule has 92 valence electrons. The summed E-state index contributed by atoms with van der Waals surface area (Å²) in [7, 11) is 0. The Labute approximate surface area is 103 Å². The van der Waals surface area contributed by atoms with Crippen molar-refractivity contribution in [3.8, 4) is 5.75 Å². The Bertz CT molecular complexity index is 419. The highest BCUT2D eigenvalue weighted by Crippen LogP contribution is 2.23. The first kappa shape index (κ1) is 12.2. The summed E-state index contributed by atoms with van der Waals surface area (Å²) >= 11 is 1.88. The van der Waals surface area contributed by atoms with Crippen molar-refractivity contribution in [1.82, 2.24) is 5.32 Å². The number of rotatable bonds is 3. The highest BCUT2D eigenvalue weighted by atomic mass is 32.2. The van der Waals surface area contributed by atoms with Crippen molar-refractivity contribution in [3.05, 3.63) is 29.6 Å². The van der Waals surface area contributed by atoms with Crippen LogP contribution in [0, 0.1) is 11.7 Å². The molecule has 5 heteroatoms. The Morgan fingerprint density at radius 3 is 3.06 bits per heavy atom. The second kappa shape index (κ2) is 5.40. The third kappa shape index (κ3) is 3.12. The molecule has 1 amide bonds. The Hall–Kier alpha value is -1.23. The number of aromatic hydroxyl groups is 1. The van der Waals surface area contributed by atoms with Crippen LogP contribution in [0.5, 0.6) is 5.75 Å². The minimum absolute atomic E-state index is 0.122. The minimum atomic E-state index is -0.550. The zero-order chi connectivity index (χ0) is 12.3. The summed E-state index contributed by atoms with van der Waals surface area (Å²) in [6, 6.07) is 3.41. The largest absolute Gasteiger partial charge is 0.507 e. The number of amides is 1. The molecule has 0 bridgehead atoms. The number of hydrogen-bond acceptors (Lipinski definition) is 3. The maximum absolute atomic E-state index is 12.7. The molecule has 1 aliphatic rings. The molecule has 2 N–H and O–H groups in total. The smallest absolute Gasteiger partial charge is 0.255 e. The molecule has 1 aromatic rings. The van der Waals surface area contributed by atoms with Crippen LogP contribution in [-0.4, -0.2) is 29.1 Å². The molecule has 2 rings (SSSR count). The fourth-order valence-electron chi connectivity index (χ4n) is 1.77. The summed E-state index contributed by atoms with van der Waals surface area (Å²) in [6.07, 6.45) is 1.11. The first-order valence-corrected chi connectivity index (χ1v) is 6.67. The molecule has 3 nitrogen and oxygen atoms in total. The van der Waals surface area contributed by atoms with Crippen molar-refractivity contribution in [1.29, 1.82) is 0 Å². The van der Waals surface area contributed by atoms with Gasteiger partial charge in [0.05, 0.1) is 5.56 Å². The second-order valence-corrected chi connectivity index (χ2v) is 5.25. The SMILES string of the molecule is O=C(NCC1CCSC1)c1ccc(F)cc1O. The molecule has 1 saturated heterocycles. The zero-order valence-corrected chi connectivity index (χ0v) is 10.1. The van der Waals surface area contributed by atoms with Crippen LogP contribution in [0.25, 0.3) is 0 Å². The van der Waals surface area contributed by atoms with Crippen LogP contribution in [-0.2, 0) is 0 Å². The predicted molar refractivity (Wildman–Crippen MR) is 65.8 cm³/mol. The van der Waals surface area contributed by atoms with E-state index in [0.717, 1.165) is 24.0 Å². The summed E-state index contributed by atoms with van der Waals surface area (Å²) in [5.41, 5.74) is 0.122. The Balaban J connectivity index is 1.94. The van der Waals surface area contributed by atoms with Crippen molar-refractivity contribution < 1.29 is 14.3 Å². The van der Waals surface area contributed by atoms with Gasteiger partial charge in [-0.25, -0.2) is 4.39 Å². The van der Waals surface area contributed by atoms with E-state index in [1.165, 1.54) is 12.1 Å². The van der Waals surface area contributed by atoms with E-state index in [-0.39, 0.29) is 17.2 Å². The average molecular weight is 255 g/mol. The van der Waals surface area contributed by atoms with Gasteiger partial charge in [-0.15, -0.1) is 0 Å². The van der Waals surface area contributed by atoms with Crippen molar-refractivity contribution in [2.24, 2.45) is 5.92 Å². The number of nitrogens with one attached hydrogen (secondary N) is 1. The third-order valence-corrected chi connectivity index (χ3v) is 4.01. The molecule has 0 radical (unpaired) electrons. The highest BCUT2D eigenvalue weighted by molar-refractivity contribution is 7.99. The molecule has 1 unspecified atom stereocenters. The van der Waals surface area contributed by atoms with Crippen molar-refractivity contribution in [2.75, 3.05) is 18.1 Å². The van der Waals surface area contributed by atoms with E-state index in [4.69, 9.17) is 0 Å². The Kier molecular flexibility index (Phi) is 3.89. The van der Waals surface area contributed by atoms with E-state index in [9.17, 15) is 14.3 Å². The van der Waals surface area contributed by atoms with E-state index in [1.807, 2.05) is 11.8 Å². The number of thioether (sulfide) groups is 1. The number of halogens is 1. The second-order valence-electron chi connectivity index (χ2n) is 4.10. The lowest BCUT2D eigenvalue weighted by Gasteiger charge is -2.10. The molecule has 1 heterocycles. The van der Waals surface area contributed by atoms with E-state index in [1.54, 1.807) is 0 Å². The molecular weight excluding hydrogens is 241 g/mol. The number of carbonyl (C=O) groups excluding carboxylic acids is 1. The lowest BCUT2D eigenvalue weighted by molar-refractivity contribution is 0.0946. The Morgan fingerprint density at radius 2 is 2.41 bits per heavy atom. The number of benzene rings is 1. The molecule has 0 aliphatic carbocycles. The van der Waals surface area contributed by atoms with Crippen molar-refractivity contribution in [3.63, 3.8) is 0 Å². The number of hydrogen-bond donors (Lipinski definition) is 2. The van der Waals surface area contributed by atoms with Crippen LogP contribution in [0.3, 0.4) is 0 Å². The summed E-state index contributed by atoms with van der Waals surface area (Å²) in [4.78, 5) is 11.7. The average Bonchev–Trinajstić information content (AvgIpc) is 2.78. The molecule has 17 heavy (non-hydrogen) atoms. The van der Waals surface area contributed by atoms with E-state index in [0.29, 0.717) is 12.5 Å². The van der Waals surface area contributed by atoms with Gasteiger partial charge in [0.2, 0.25) is 0 Å². The van der Waals surface area contributed by atoms with E-state index in [2.05, 4.69) is 5.32 Å². The normalized spacial score (nSPS) is 19.2. The van der Waals surface area contributed by atoms with Gasteiger partial charge in [0, 0.05) is 12.6 Å². The standard InChI is InChI=1S/C12H14FNO2S/c13-9-1-2-10(11(15)5-9)12(16)14-6-8-3-4-17-7-8/h1-2,5,8,15H,3-4,6-7H2,(H,14,16). The third-order valence-electron chi connectivity index (χ3n) is 2.78. The van der Waals surface area contributed by atoms with Crippen LogP contribution in [0.4, 0.5) is 4.39 Å². The van der Waals surface area contributed by atoms with Gasteiger partial charge in [-0.05, 0) is 36.0 Å². The van der Waals surface area contributed by atoms with Crippen LogP contribution in [0.2, 0.25) is 0 Å². The molecule has 1 fully saturated rings. The van der Waals surface area contributed by atoms with E-state index >= 15 is 0 Å². The summed E-state index contributed by atoms with van der Waals surface area (Å²) < 4.78 is 12.7. The van der Waals surface area contributed by atoms with Gasteiger partial charge in [0.1, 0.15) is 11.6 Å². The van der Waals surface area contributed by atoms with Gasteiger partial charge >= 0.3 is 0 Å². The van der Waals surface area contributed by atoms with Crippen LogP contribution < -0.4 is 5.32 Å². The maximum atomic E-state index is 12.7. The molecule has 1 aliphatic heterocycles. The fraction of sp³-hybridized carbons (Fsp3) is 0.417. The molecular formula is C12H14FNO2S. The number of phenolic OH excluding ortho intramolecular Hbond substituents is 1. The molecule has 1 atom stereocenters. The van der Waals surface area contributed by atoms with Crippen LogP contribution in [0.15, 0.2) is 18.2 Å². The fourth-order valence-corrected chi connectivity index (χ4v) is 3.06. The van der Waals surface area contributed by atoms with Gasteiger partial charge in [0.15, 0.2) is 0 Å². The van der Waals surface area contributed by atoms with Crippen molar-refractivity contribution >= 4 is 17.7 Å². The molecule has 1 aromatic carbocycles. The molecule has 0 aromatic heterocycles. The lowest BCUT2D eigenvalue weighted by atomic mass is 10.1. The Morgan fingerprint density at radius 1 is 1.59 bits per heavy atom. The van der Waals surface area contributed by atoms with Gasteiger partial charge in [0.25, 0.3) is 5.91 Å². The monoisotopic (exact) mass is 255 g/mol. The van der Waals surface area contributed by atoms with Gasteiger partial charge in [-0.1, -0.05) is 0 Å². The van der Waals surface area contributed by atoms with Crippen molar-refractivity contribution in [2.45, 2.75) is 6.42 Å². The predicted octanol–water partition coefficient (Wildman–Crippen LogP) is 2.01. The topological polar surface area (TPSA) is 49.3 Å². The first-order chi connectivity index (χ1) is 8.16. The highest BCUT2D eigenvalue weighted by Gasteiger charge is 2.17. The maximum Gasteiger partial charge on any atom is 0.255 e. The molecule has 0 saturated carbocycles. The molecule has 0 spiro atoms. The first-order valence-electron chi connectivity index (χ1n) is 5.51. The van der Waals surface area contributed by atoms with Crippen LogP contribution in [0.1, 0.15) is 16.8 Å². The quantitative estimate of drug-likeness (QED) is 0.868. The zero-order valence-electron chi connectivity index (χ0n) is 9.28. The summed E-state index contributed by atoms with van der Waals surface area (Å²) in [5, 5.41) is 12.2. The minimum Gasteiger partial charge on any atom is -0.507 e. The summed E-state index contributed by atoms with van der Waals surface area (Å²) in [5.74, 6) is 1.50.